The molecular formula is C21H30O4. The minimum Gasteiger partial charge on any atom is -0.393 e. The summed E-state index contributed by atoms with van der Waals surface area (Å²) in [5.74, 6) is 0.392. The third-order valence-electron chi connectivity index (χ3n) is 8.25. The molecule has 25 heavy (non-hydrogen) atoms. The molecule has 4 aliphatic carbocycles. The number of ketones is 2. The van der Waals surface area contributed by atoms with Crippen LogP contribution in [0, 0.1) is 34.5 Å². The van der Waals surface area contributed by atoms with Crippen molar-refractivity contribution in [2.75, 3.05) is 0 Å². The van der Waals surface area contributed by atoms with Crippen molar-refractivity contribution in [1.82, 2.24) is 0 Å². The molecule has 2 N–H and O–H groups in total. The predicted molar refractivity (Wildman–Crippen MR) is 93.7 cm³/mol. The Kier molecular flexibility index (Phi) is 3.83. The van der Waals surface area contributed by atoms with Crippen molar-refractivity contribution in [2.45, 2.75) is 71.5 Å². The molecule has 0 saturated heterocycles. The molecule has 3 fully saturated rings. The number of aliphatic hydroxyl groups excluding tert-OH is 2. The van der Waals surface area contributed by atoms with Crippen molar-refractivity contribution in [3.63, 3.8) is 0 Å². The third-order valence-corrected chi connectivity index (χ3v) is 8.25. The Balaban J connectivity index is 1.85. The maximum absolute atomic E-state index is 12.6. The predicted octanol–water partition coefficient (Wildman–Crippen LogP) is 2.67. The maximum Gasteiger partial charge on any atom is 0.139 e. The number of carbonyl (C=O) groups is 2. The van der Waals surface area contributed by atoms with Crippen LogP contribution in [0.1, 0.15) is 59.3 Å². The molecule has 1 unspecified atom stereocenters. The summed E-state index contributed by atoms with van der Waals surface area (Å²) in [4.78, 5) is 25.1. The molecule has 0 aromatic heterocycles. The van der Waals surface area contributed by atoms with E-state index in [0.29, 0.717) is 19.3 Å². The summed E-state index contributed by atoms with van der Waals surface area (Å²) in [7, 11) is 0. The lowest BCUT2D eigenvalue weighted by molar-refractivity contribution is -0.155. The Labute approximate surface area is 149 Å². The zero-order valence-corrected chi connectivity index (χ0v) is 15.5. The van der Waals surface area contributed by atoms with Gasteiger partial charge in [-0.25, -0.2) is 0 Å². The molecule has 0 aliphatic heterocycles. The Bertz CT molecular complexity index is 652. The van der Waals surface area contributed by atoms with E-state index >= 15 is 0 Å². The van der Waals surface area contributed by atoms with E-state index in [2.05, 4.69) is 13.0 Å². The molecular weight excluding hydrogens is 316 g/mol. The highest BCUT2D eigenvalue weighted by atomic mass is 16.3. The Morgan fingerprint density at radius 1 is 1.20 bits per heavy atom. The van der Waals surface area contributed by atoms with Crippen molar-refractivity contribution in [2.24, 2.45) is 34.5 Å². The lowest BCUT2D eigenvalue weighted by Gasteiger charge is -2.60. The van der Waals surface area contributed by atoms with Crippen LogP contribution >= 0.6 is 0 Å². The summed E-state index contributed by atoms with van der Waals surface area (Å²) in [6.45, 7) is 5.85. The second-order valence-corrected chi connectivity index (χ2v) is 9.50. The first-order valence-corrected chi connectivity index (χ1v) is 9.79. The van der Waals surface area contributed by atoms with Crippen LogP contribution in [-0.4, -0.2) is 34.0 Å². The summed E-state index contributed by atoms with van der Waals surface area (Å²) >= 11 is 0. The normalized spacial score (nSPS) is 52.0. The molecule has 0 amide bonds. The second kappa shape index (κ2) is 5.50. The number of fused-ring (bicyclic) bond motifs is 5. The van der Waals surface area contributed by atoms with Crippen LogP contribution in [-0.2, 0) is 9.59 Å². The van der Waals surface area contributed by atoms with Gasteiger partial charge < -0.3 is 10.2 Å². The summed E-state index contributed by atoms with van der Waals surface area (Å²) in [6.07, 6.45) is 5.34. The number of carbonyl (C=O) groups excluding carboxylic acids is 2. The topological polar surface area (TPSA) is 74.6 Å². The summed E-state index contributed by atoms with van der Waals surface area (Å²) in [5, 5.41) is 21.3. The van der Waals surface area contributed by atoms with E-state index in [9.17, 15) is 19.8 Å². The standard InChI is InChI=1S/C21H30O4/c1-11(22)14-9-12-8-13(23)6-7-20(12,2)19-16(24)10-21(3)15(18(14)19)4-5-17(21)25/h9,13-16,18-19,23-24H,4-8,10H2,1-3H3/t13-,14-,15?,16+,18-,19-,20-,21-/m0/s1. The molecule has 0 bridgehead atoms. The third kappa shape index (κ3) is 2.26. The molecule has 4 heteroatoms. The van der Waals surface area contributed by atoms with Gasteiger partial charge in [-0.2, -0.15) is 0 Å². The Morgan fingerprint density at radius 3 is 2.60 bits per heavy atom. The first kappa shape index (κ1) is 17.4. The number of hydrogen-bond acceptors (Lipinski definition) is 4. The molecule has 3 saturated carbocycles. The quantitative estimate of drug-likeness (QED) is 0.716. The number of aliphatic hydroxyl groups is 2. The van der Waals surface area contributed by atoms with E-state index in [0.717, 1.165) is 24.8 Å². The van der Waals surface area contributed by atoms with Crippen LogP contribution in [0.5, 0.6) is 0 Å². The molecule has 0 aromatic rings. The van der Waals surface area contributed by atoms with Gasteiger partial charge in [-0.15, -0.1) is 0 Å². The molecule has 0 aromatic carbocycles. The van der Waals surface area contributed by atoms with Crippen molar-refractivity contribution < 1.29 is 19.8 Å². The van der Waals surface area contributed by atoms with Gasteiger partial charge in [0, 0.05) is 17.8 Å². The van der Waals surface area contributed by atoms with E-state index in [1.807, 2.05) is 6.92 Å². The summed E-state index contributed by atoms with van der Waals surface area (Å²) in [5.41, 5.74) is 0.506. The molecule has 0 radical (unpaired) electrons. The van der Waals surface area contributed by atoms with Crippen molar-refractivity contribution in [1.29, 1.82) is 0 Å². The molecule has 4 nitrogen and oxygen atoms in total. The second-order valence-electron chi connectivity index (χ2n) is 9.50. The van der Waals surface area contributed by atoms with E-state index in [-0.39, 0.29) is 46.8 Å². The average molecular weight is 346 g/mol. The maximum atomic E-state index is 12.6. The van der Waals surface area contributed by atoms with Crippen LogP contribution in [0.15, 0.2) is 11.6 Å². The minimum absolute atomic E-state index is 0.0119. The van der Waals surface area contributed by atoms with Gasteiger partial charge in [0.25, 0.3) is 0 Å². The number of allylic oxidation sites excluding steroid dienone is 1. The van der Waals surface area contributed by atoms with Crippen LogP contribution in [0.2, 0.25) is 0 Å². The van der Waals surface area contributed by atoms with E-state index in [1.54, 1.807) is 6.92 Å². The van der Waals surface area contributed by atoms with Gasteiger partial charge in [0.05, 0.1) is 12.2 Å². The fourth-order valence-corrected chi connectivity index (χ4v) is 6.94. The van der Waals surface area contributed by atoms with E-state index in [1.165, 1.54) is 0 Å². The largest absolute Gasteiger partial charge is 0.393 e. The van der Waals surface area contributed by atoms with Crippen LogP contribution in [0.25, 0.3) is 0 Å². The lowest BCUT2D eigenvalue weighted by Crippen LogP contribution is -2.59. The zero-order chi connectivity index (χ0) is 18.1. The zero-order valence-electron chi connectivity index (χ0n) is 15.5. The van der Waals surface area contributed by atoms with Gasteiger partial charge in [0.1, 0.15) is 11.6 Å². The first-order valence-electron chi connectivity index (χ1n) is 9.79. The summed E-state index contributed by atoms with van der Waals surface area (Å²) < 4.78 is 0. The fraction of sp³-hybridized carbons (Fsp3) is 0.810. The SMILES string of the molecule is CC(=O)[C@@H]1C=C2C[C@@H](O)CC[C@]2(C)[C@@H]2[C@@H]1C1CCC(=O)[C@@]1(C)C[C@H]2O. The average Bonchev–Trinajstić information content (AvgIpc) is 2.82. The van der Waals surface area contributed by atoms with Crippen LogP contribution in [0.3, 0.4) is 0 Å². The van der Waals surface area contributed by atoms with Gasteiger partial charge >= 0.3 is 0 Å². The Morgan fingerprint density at radius 2 is 1.92 bits per heavy atom. The highest BCUT2D eigenvalue weighted by molar-refractivity contribution is 5.88. The lowest BCUT2D eigenvalue weighted by atomic mass is 9.45. The number of Topliss-reactive ketones (excluding diaryl/α,β-unsaturated/α-hetero) is 2. The Hall–Kier alpha value is -1.00. The van der Waals surface area contributed by atoms with Crippen LogP contribution < -0.4 is 0 Å². The van der Waals surface area contributed by atoms with Gasteiger partial charge in [-0.1, -0.05) is 25.5 Å². The number of hydrogen-bond donors (Lipinski definition) is 2. The fourth-order valence-electron chi connectivity index (χ4n) is 6.94. The molecule has 8 atom stereocenters. The van der Waals surface area contributed by atoms with Gasteiger partial charge in [0.2, 0.25) is 0 Å². The van der Waals surface area contributed by atoms with Gasteiger partial charge in [-0.3, -0.25) is 9.59 Å². The van der Waals surface area contributed by atoms with Crippen molar-refractivity contribution >= 4 is 11.6 Å². The molecule has 138 valence electrons. The molecule has 0 heterocycles. The van der Waals surface area contributed by atoms with E-state index in [4.69, 9.17) is 0 Å². The smallest absolute Gasteiger partial charge is 0.139 e. The molecule has 0 spiro atoms. The van der Waals surface area contributed by atoms with Crippen molar-refractivity contribution in [3.8, 4) is 0 Å². The van der Waals surface area contributed by atoms with Gasteiger partial charge in [0.15, 0.2) is 0 Å². The van der Waals surface area contributed by atoms with Gasteiger partial charge in [-0.05, 0) is 62.2 Å². The molecule has 4 rings (SSSR count). The molecule has 4 aliphatic rings. The highest BCUT2D eigenvalue weighted by Gasteiger charge is 2.64. The van der Waals surface area contributed by atoms with Crippen molar-refractivity contribution in [3.05, 3.63) is 11.6 Å². The highest BCUT2D eigenvalue weighted by Crippen LogP contribution is 2.65. The minimum atomic E-state index is -0.556. The number of rotatable bonds is 1. The van der Waals surface area contributed by atoms with E-state index < -0.39 is 11.5 Å². The monoisotopic (exact) mass is 346 g/mol. The van der Waals surface area contributed by atoms with Crippen LogP contribution in [0.4, 0.5) is 0 Å². The first-order chi connectivity index (χ1) is 11.7. The summed E-state index contributed by atoms with van der Waals surface area (Å²) in [6, 6.07) is 0.